The molecular formula is C12H13ClO2. The minimum atomic E-state index is -0.338. The van der Waals surface area contributed by atoms with Crippen molar-refractivity contribution in [2.24, 2.45) is 0 Å². The molecule has 0 spiro atoms. The highest BCUT2D eigenvalue weighted by Gasteiger charge is 2.13. The van der Waals surface area contributed by atoms with Crippen LogP contribution in [0.25, 0.3) is 0 Å². The highest BCUT2D eigenvalue weighted by molar-refractivity contribution is 6.30. The molecule has 1 atom stereocenters. The van der Waals surface area contributed by atoms with E-state index in [0.29, 0.717) is 11.4 Å². The minimum Gasteiger partial charge on any atom is -0.303 e. The van der Waals surface area contributed by atoms with E-state index in [1.807, 2.05) is 0 Å². The number of hydrogen-bond donors (Lipinski definition) is 0. The molecule has 0 saturated heterocycles. The van der Waals surface area contributed by atoms with Gasteiger partial charge < -0.3 is 4.79 Å². The Hall–Kier alpha value is -1.15. The van der Waals surface area contributed by atoms with Gasteiger partial charge in [-0.15, -0.1) is 0 Å². The number of carbonyl (C=O) groups is 2. The lowest BCUT2D eigenvalue weighted by molar-refractivity contribution is -0.121. The number of carbonyl (C=O) groups excluding carboxylic acids is 2. The van der Waals surface area contributed by atoms with E-state index in [1.54, 1.807) is 31.2 Å². The summed E-state index contributed by atoms with van der Waals surface area (Å²) in [5, 5.41) is 0.630. The Kier molecular flexibility index (Phi) is 4.50. The number of aldehydes is 1. The van der Waals surface area contributed by atoms with Gasteiger partial charge in [0.05, 0.1) is 0 Å². The van der Waals surface area contributed by atoms with Crippen molar-refractivity contribution in [1.82, 2.24) is 0 Å². The fourth-order valence-corrected chi connectivity index (χ4v) is 1.47. The summed E-state index contributed by atoms with van der Waals surface area (Å²) in [6, 6.07) is 7.02. The quantitative estimate of drug-likeness (QED) is 0.721. The SMILES string of the molecule is CCC(=O)CC(C=O)c1ccc(Cl)cc1. The van der Waals surface area contributed by atoms with Gasteiger partial charge in [-0.05, 0) is 17.7 Å². The summed E-state index contributed by atoms with van der Waals surface area (Å²) in [4.78, 5) is 22.1. The molecule has 0 aromatic heterocycles. The van der Waals surface area contributed by atoms with Crippen molar-refractivity contribution in [3.8, 4) is 0 Å². The molecule has 15 heavy (non-hydrogen) atoms. The molecule has 2 nitrogen and oxygen atoms in total. The maximum Gasteiger partial charge on any atom is 0.133 e. The predicted molar refractivity (Wildman–Crippen MR) is 60.2 cm³/mol. The normalized spacial score (nSPS) is 12.1. The monoisotopic (exact) mass is 224 g/mol. The van der Waals surface area contributed by atoms with E-state index in [1.165, 1.54) is 0 Å². The number of halogens is 1. The van der Waals surface area contributed by atoms with Crippen LogP contribution in [0.2, 0.25) is 5.02 Å². The van der Waals surface area contributed by atoms with Gasteiger partial charge >= 0.3 is 0 Å². The predicted octanol–water partition coefficient (Wildman–Crippen LogP) is 2.99. The molecule has 1 aromatic rings. The molecule has 0 aliphatic heterocycles. The molecule has 1 rings (SSSR count). The summed E-state index contributed by atoms with van der Waals surface area (Å²) in [5.74, 6) is -0.239. The molecule has 0 heterocycles. The minimum absolute atomic E-state index is 0.0991. The van der Waals surface area contributed by atoms with E-state index < -0.39 is 0 Å². The second kappa shape index (κ2) is 5.66. The topological polar surface area (TPSA) is 34.1 Å². The molecule has 0 aliphatic rings. The third-order valence-electron chi connectivity index (χ3n) is 2.30. The largest absolute Gasteiger partial charge is 0.303 e. The zero-order valence-electron chi connectivity index (χ0n) is 8.57. The van der Waals surface area contributed by atoms with Crippen LogP contribution in [0.5, 0.6) is 0 Å². The van der Waals surface area contributed by atoms with Crippen molar-refractivity contribution in [2.45, 2.75) is 25.7 Å². The van der Waals surface area contributed by atoms with Crippen molar-refractivity contribution in [3.05, 3.63) is 34.9 Å². The number of ketones is 1. The van der Waals surface area contributed by atoms with Gasteiger partial charge in [-0.3, -0.25) is 4.79 Å². The summed E-state index contributed by atoms with van der Waals surface area (Å²) in [5.41, 5.74) is 0.844. The third kappa shape index (κ3) is 3.48. The molecule has 1 aromatic carbocycles. The molecule has 1 unspecified atom stereocenters. The Labute approximate surface area is 94.2 Å². The maximum atomic E-state index is 11.2. The van der Waals surface area contributed by atoms with Crippen molar-refractivity contribution in [3.63, 3.8) is 0 Å². The first kappa shape index (κ1) is 11.9. The van der Waals surface area contributed by atoms with Crippen LogP contribution in [-0.4, -0.2) is 12.1 Å². The average molecular weight is 225 g/mol. The zero-order valence-corrected chi connectivity index (χ0v) is 9.33. The van der Waals surface area contributed by atoms with Gasteiger partial charge in [-0.1, -0.05) is 30.7 Å². The lowest BCUT2D eigenvalue weighted by Gasteiger charge is -2.08. The van der Waals surface area contributed by atoms with Gasteiger partial charge in [0.2, 0.25) is 0 Å². The van der Waals surface area contributed by atoms with Crippen molar-refractivity contribution in [2.75, 3.05) is 0 Å². The molecule has 0 fully saturated rings. The maximum absolute atomic E-state index is 11.2. The Balaban J connectivity index is 2.78. The van der Waals surface area contributed by atoms with Crippen LogP contribution in [0.15, 0.2) is 24.3 Å². The van der Waals surface area contributed by atoms with Gasteiger partial charge in [-0.2, -0.15) is 0 Å². The first-order chi connectivity index (χ1) is 7.17. The van der Waals surface area contributed by atoms with Crippen molar-refractivity contribution in [1.29, 1.82) is 0 Å². The van der Waals surface area contributed by atoms with E-state index >= 15 is 0 Å². The Morgan fingerprint density at radius 2 is 2.00 bits per heavy atom. The van der Waals surface area contributed by atoms with Crippen molar-refractivity contribution < 1.29 is 9.59 Å². The third-order valence-corrected chi connectivity index (χ3v) is 2.56. The van der Waals surface area contributed by atoms with Gasteiger partial charge in [0, 0.05) is 23.8 Å². The number of Topliss-reactive ketones (excluding diaryl/α,β-unsaturated/α-hetero) is 1. The van der Waals surface area contributed by atoms with E-state index in [9.17, 15) is 9.59 Å². The zero-order chi connectivity index (χ0) is 11.3. The fourth-order valence-electron chi connectivity index (χ4n) is 1.34. The second-order valence-corrected chi connectivity index (χ2v) is 3.83. The Bertz CT molecular complexity index is 343. The molecular weight excluding hydrogens is 212 g/mol. The fraction of sp³-hybridized carbons (Fsp3) is 0.333. The highest BCUT2D eigenvalue weighted by Crippen LogP contribution is 2.20. The van der Waals surface area contributed by atoms with Crippen LogP contribution in [0.1, 0.15) is 31.2 Å². The first-order valence-corrected chi connectivity index (χ1v) is 5.27. The molecule has 3 heteroatoms. The highest BCUT2D eigenvalue weighted by atomic mass is 35.5. The second-order valence-electron chi connectivity index (χ2n) is 3.39. The van der Waals surface area contributed by atoms with E-state index in [-0.39, 0.29) is 18.1 Å². The summed E-state index contributed by atoms with van der Waals surface area (Å²) in [6.45, 7) is 1.80. The van der Waals surface area contributed by atoms with Crippen LogP contribution < -0.4 is 0 Å². The van der Waals surface area contributed by atoms with Gasteiger partial charge in [0.1, 0.15) is 12.1 Å². The molecule has 0 bridgehead atoms. The number of hydrogen-bond acceptors (Lipinski definition) is 2. The van der Waals surface area contributed by atoms with Crippen LogP contribution in [0.4, 0.5) is 0 Å². The van der Waals surface area contributed by atoms with Gasteiger partial charge in [0.25, 0.3) is 0 Å². The Morgan fingerprint density at radius 1 is 1.40 bits per heavy atom. The van der Waals surface area contributed by atoms with E-state index in [2.05, 4.69) is 0 Å². The van der Waals surface area contributed by atoms with E-state index in [4.69, 9.17) is 11.6 Å². The standard InChI is InChI=1S/C12H13ClO2/c1-2-12(15)7-10(8-14)9-3-5-11(13)6-4-9/h3-6,8,10H,2,7H2,1H3. The Morgan fingerprint density at radius 3 is 2.47 bits per heavy atom. The summed E-state index contributed by atoms with van der Waals surface area (Å²) in [7, 11) is 0. The smallest absolute Gasteiger partial charge is 0.133 e. The summed E-state index contributed by atoms with van der Waals surface area (Å²) >= 11 is 5.74. The number of benzene rings is 1. The van der Waals surface area contributed by atoms with Gasteiger partial charge in [0.15, 0.2) is 0 Å². The number of rotatable bonds is 5. The molecule has 0 radical (unpaired) electrons. The van der Waals surface area contributed by atoms with E-state index in [0.717, 1.165) is 11.8 Å². The summed E-state index contributed by atoms with van der Waals surface area (Å²) in [6.07, 6.45) is 1.57. The summed E-state index contributed by atoms with van der Waals surface area (Å²) < 4.78 is 0. The molecule has 0 amide bonds. The molecule has 0 N–H and O–H groups in total. The molecule has 80 valence electrons. The van der Waals surface area contributed by atoms with Crippen LogP contribution in [0.3, 0.4) is 0 Å². The average Bonchev–Trinajstić information content (AvgIpc) is 2.27. The van der Waals surface area contributed by atoms with Crippen LogP contribution >= 0.6 is 11.6 Å². The van der Waals surface area contributed by atoms with Crippen LogP contribution in [0, 0.1) is 0 Å². The lowest BCUT2D eigenvalue weighted by atomic mass is 9.94. The van der Waals surface area contributed by atoms with Crippen molar-refractivity contribution >= 4 is 23.7 Å². The molecule has 0 aliphatic carbocycles. The van der Waals surface area contributed by atoms with Crippen LogP contribution in [-0.2, 0) is 9.59 Å². The van der Waals surface area contributed by atoms with Gasteiger partial charge in [-0.25, -0.2) is 0 Å². The molecule has 0 saturated carbocycles. The lowest BCUT2D eigenvalue weighted by Crippen LogP contribution is -2.07. The first-order valence-electron chi connectivity index (χ1n) is 4.89.